The maximum Gasteiger partial charge on any atom is 0.259 e. The van der Waals surface area contributed by atoms with E-state index in [1.807, 2.05) is 6.07 Å². The molecule has 0 aliphatic carbocycles. The molecular weight excluding hydrogens is 206 g/mol. The van der Waals surface area contributed by atoms with Crippen LogP contribution in [0.4, 0.5) is 0 Å². The number of likely N-dealkylation sites (N-methyl/N-ethyl adjacent to an activating group) is 1. The first-order valence-electron chi connectivity index (χ1n) is 5.16. The monoisotopic (exact) mass is 219 g/mol. The van der Waals surface area contributed by atoms with Crippen molar-refractivity contribution in [2.75, 3.05) is 20.2 Å². The predicted octanol–water partition coefficient (Wildman–Crippen LogP) is 0.726. The van der Waals surface area contributed by atoms with Gasteiger partial charge < -0.3 is 9.64 Å². The van der Waals surface area contributed by atoms with E-state index in [9.17, 15) is 9.59 Å². The zero-order valence-corrected chi connectivity index (χ0v) is 9.05. The third-order valence-corrected chi connectivity index (χ3v) is 2.61. The highest BCUT2D eigenvalue weighted by molar-refractivity contribution is 6.12. The number of carbonyl (C=O) groups is 2. The normalized spacial score (nSPS) is 20.9. The quantitative estimate of drug-likeness (QED) is 0.544. The Balaban J connectivity index is 2.19. The average molecular weight is 219 g/mol. The van der Waals surface area contributed by atoms with Gasteiger partial charge in [0.15, 0.2) is 6.10 Å². The van der Waals surface area contributed by atoms with Crippen LogP contribution in [0.1, 0.15) is 10.4 Å². The lowest BCUT2D eigenvalue weighted by Crippen LogP contribution is -2.49. The molecule has 0 bridgehead atoms. The zero-order chi connectivity index (χ0) is 11.5. The van der Waals surface area contributed by atoms with E-state index in [0.717, 1.165) is 0 Å². The first kappa shape index (κ1) is 10.8. The summed E-state index contributed by atoms with van der Waals surface area (Å²) in [5.74, 6) is -0.530. The van der Waals surface area contributed by atoms with Crippen LogP contribution >= 0.6 is 0 Å². The Morgan fingerprint density at radius 1 is 1.38 bits per heavy atom. The van der Waals surface area contributed by atoms with Gasteiger partial charge in [-0.3, -0.25) is 9.59 Å². The molecule has 84 valence electrons. The van der Waals surface area contributed by atoms with Crippen LogP contribution in [0.25, 0.3) is 0 Å². The molecule has 1 aromatic carbocycles. The summed E-state index contributed by atoms with van der Waals surface area (Å²) in [4.78, 5) is 25.2. The standard InChI is InChI=1S/C12H13NO3/c1-13-7-8-16-11(12(13)15)10(14)9-5-3-2-4-6-9/h2-6,11H,7-8H2,1H3. The summed E-state index contributed by atoms with van der Waals surface area (Å²) in [5.41, 5.74) is 0.510. The van der Waals surface area contributed by atoms with Crippen LogP contribution in [0, 0.1) is 0 Å². The first-order chi connectivity index (χ1) is 7.70. The van der Waals surface area contributed by atoms with Gasteiger partial charge in [-0.1, -0.05) is 30.3 Å². The van der Waals surface area contributed by atoms with E-state index in [2.05, 4.69) is 0 Å². The molecule has 0 N–H and O–H groups in total. The van der Waals surface area contributed by atoms with Crippen LogP contribution in [0.3, 0.4) is 0 Å². The lowest BCUT2D eigenvalue weighted by Gasteiger charge is -2.28. The molecule has 1 unspecified atom stereocenters. The van der Waals surface area contributed by atoms with E-state index < -0.39 is 6.10 Å². The lowest BCUT2D eigenvalue weighted by atomic mass is 10.0. The van der Waals surface area contributed by atoms with Crippen molar-refractivity contribution in [3.63, 3.8) is 0 Å². The Morgan fingerprint density at radius 3 is 2.75 bits per heavy atom. The first-order valence-corrected chi connectivity index (χ1v) is 5.16. The summed E-state index contributed by atoms with van der Waals surface area (Å²) in [6, 6.07) is 8.74. The second kappa shape index (κ2) is 4.45. The molecular formula is C12H13NO3. The number of Topliss-reactive ketones (excluding diaryl/α,β-unsaturated/α-hetero) is 1. The van der Waals surface area contributed by atoms with Gasteiger partial charge in [-0.2, -0.15) is 0 Å². The lowest BCUT2D eigenvalue weighted by molar-refractivity contribution is -0.146. The van der Waals surface area contributed by atoms with E-state index in [0.29, 0.717) is 18.7 Å². The van der Waals surface area contributed by atoms with Crippen LogP contribution in [0.2, 0.25) is 0 Å². The van der Waals surface area contributed by atoms with Gasteiger partial charge in [0.2, 0.25) is 5.78 Å². The summed E-state index contributed by atoms with van der Waals surface area (Å²) in [7, 11) is 1.68. The van der Waals surface area contributed by atoms with Crippen molar-refractivity contribution in [2.45, 2.75) is 6.10 Å². The molecule has 1 aromatic rings. The summed E-state index contributed by atoms with van der Waals surface area (Å²) in [5, 5.41) is 0. The molecule has 0 radical (unpaired) electrons. The Morgan fingerprint density at radius 2 is 2.06 bits per heavy atom. The van der Waals surface area contributed by atoms with Crippen LogP contribution in [-0.2, 0) is 9.53 Å². The smallest absolute Gasteiger partial charge is 0.259 e. The third-order valence-electron chi connectivity index (χ3n) is 2.61. The van der Waals surface area contributed by atoms with Crippen molar-refractivity contribution < 1.29 is 14.3 Å². The maximum atomic E-state index is 12.0. The molecule has 1 aliphatic heterocycles. The number of benzene rings is 1. The zero-order valence-electron chi connectivity index (χ0n) is 9.05. The second-order valence-corrected chi connectivity index (χ2v) is 3.74. The van der Waals surface area contributed by atoms with Crippen molar-refractivity contribution >= 4 is 11.7 Å². The third kappa shape index (κ3) is 1.97. The van der Waals surface area contributed by atoms with Crippen LogP contribution in [0.5, 0.6) is 0 Å². The number of rotatable bonds is 2. The second-order valence-electron chi connectivity index (χ2n) is 3.74. The number of ether oxygens (including phenoxy) is 1. The molecule has 4 nitrogen and oxygen atoms in total. The van der Waals surface area contributed by atoms with Gasteiger partial charge in [0.1, 0.15) is 0 Å². The number of nitrogens with zero attached hydrogens (tertiary/aromatic N) is 1. The van der Waals surface area contributed by atoms with Crippen LogP contribution in [-0.4, -0.2) is 42.9 Å². The summed E-state index contributed by atoms with van der Waals surface area (Å²) < 4.78 is 5.24. The minimum atomic E-state index is -0.971. The van der Waals surface area contributed by atoms with E-state index in [1.54, 1.807) is 31.3 Å². The van der Waals surface area contributed by atoms with Gasteiger partial charge in [-0.25, -0.2) is 0 Å². The molecule has 1 aliphatic rings. The van der Waals surface area contributed by atoms with Gasteiger partial charge in [0.05, 0.1) is 6.61 Å². The molecule has 1 saturated heterocycles. The summed E-state index contributed by atoms with van der Waals surface area (Å²) >= 11 is 0. The van der Waals surface area contributed by atoms with Crippen molar-refractivity contribution in [2.24, 2.45) is 0 Å². The summed E-state index contributed by atoms with van der Waals surface area (Å²) in [6.07, 6.45) is -0.971. The average Bonchev–Trinajstić information content (AvgIpc) is 2.33. The number of amides is 1. The minimum Gasteiger partial charge on any atom is -0.358 e. The van der Waals surface area contributed by atoms with Crippen LogP contribution in [0.15, 0.2) is 30.3 Å². The maximum absolute atomic E-state index is 12.0. The molecule has 1 fully saturated rings. The van der Waals surface area contributed by atoms with Crippen molar-refractivity contribution in [3.8, 4) is 0 Å². The fourth-order valence-electron chi connectivity index (χ4n) is 1.63. The van der Waals surface area contributed by atoms with E-state index in [4.69, 9.17) is 4.74 Å². The topological polar surface area (TPSA) is 46.6 Å². The highest BCUT2D eigenvalue weighted by Crippen LogP contribution is 2.12. The molecule has 2 rings (SSSR count). The number of morpholine rings is 1. The molecule has 1 amide bonds. The fourth-order valence-corrected chi connectivity index (χ4v) is 1.63. The molecule has 0 saturated carbocycles. The summed E-state index contributed by atoms with van der Waals surface area (Å²) in [6.45, 7) is 0.947. The van der Waals surface area contributed by atoms with Crippen LogP contribution < -0.4 is 0 Å². The van der Waals surface area contributed by atoms with Gasteiger partial charge >= 0.3 is 0 Å². The Hall–Kier alpha value is -1.68. The molecule has 0 spiro atoms. The fraction of sp³-hybridized carbons (Fsp3) is 0.333. The van der Waals surface area contributed by atoms with Crippen molar-refractivity contribution in [3.05, 3.63) is 35.9 Å². The molecule has 4 heteroatoms. The number of hydrogen-bond acceptors (Lipinski definition) is 3. The number of carbonyl (C=O) groups excluding carboxylic acids is 2. The van der Waals surface area contributed by atoms with E-state index >= 15 is 0 Å². The Kier molecular flexibility index (Phi) is 3.01. The van der Waals surface area contributed by atoms with Gasteiger partial charge in [-0.05, 0) is 0 Å². The molecule has 16 heavy (non-hydrogen) atoms. The Labute approximate surface area is 93.8 Å². The van der Waals surface area contributed by atoms with Crippen molar-refractivity contribution in [1.82, 2.24) is 4.90 Å². The van der Waals surface area contributed by atoms with Gasteiger partial charge in [-0.15, -0.1) is 0 Å². The van der Waals surface area contributed by atoms with Crippen molar-refractivity contribution in [1.29, 1.82) is 0 Å². The highest BCUT2D eigenvalue weighted by atomic mass is 16.5. The minimum absolute atomic E-state index is 0.264. The van der Waals surface area contributed by atoms with E-state index in [1.165, 1.54) is 4.90 Å². The van der Waals surface area contributed by atoms with Gasteiger partial charge in [0.25, 0.3) is 5.91 Å². The van der Waals surface area contributed by atoms with Gasteiger partial charge in [0, 0.05) is 19.2 Å². The van der Waals surface area contributed by atoms with E-state index in [-0.39, 0.29) is 11.7 Å². The highest BCUT2D eigenvalue weighted by Gasteiger charge is 2.33. The largest absolute Gasteiger partial charge is 0.358 e. The number of hydrogen-bond donors (Lipinski definition) is 0. The SMILES string of the molecule is CN1CCOC(C(=O)c2ccccc2)C1=O. The molecule has 0 aromatic heterocycles. The number of ketones is 1. The predicted molar refractivity (Wildman–Crippen MR) is 58.1 cm³/mol. The Bertz CT molecular complexity index is 402. The molecule has 1 heterocycles. The molecule has 1 atom stereocenters.